The minimum absolute atomic E-state index is 0.150. The Morgan fingerprint density at radius 2 is 1.88 bits per heavy atom. The van der Waals surface area contributed by atoms with Crippen LogP contribution in [0.5, 0.6) is 0 Å². The highest BCUT2D eigenvalue weighted by Crippen LogP contribution is 2.31. The molecule has 0 saturated heterocycles. The molecule has 6 heteroatoms. The summed E-state index contributed by atoms with van der Waals surface area (Å²) in [7, 11) is 0. The van der Waals surface area contributed by atoms with Crippen LogP contribution in [0.4, 0.5) is 13.2 Å². The molecule has 0 bridgehead atoms. The minimum Gasteiger partial charge on any atom is -0.385 e. The number of hydrogen-bond acceptors (Lipinski definition) is 3. The summed E-state index contributed by atoms with van der Waals surface area (Å²) in [5, 5.41) is 18.8. The number of hydrogen-bond donors (Lipinski definition) is 2. The third kappa shape index (κ3) is 3.28. The van der Waals surface area contributed by atoms with Crippen molar-refractivity contribution in [2.24, 2.45) is 0 Å². The molecule has 2 atom stereocenters. The van der Waals surface area contributed by atoms with Crippen molar-refractivity contribution >= 4 is 5.78 Å². The largest absolute Gasteiger partial charge is 0.416 e. The van der Waals surface area contributed by atoms with Crippen LogP contribution in [-0.2, 0) is 11.0 Å². The summed E-state index contributed by atoms with van der Waals surface area (Å²) in [5.74, 6) is -0.713. The first kappa shape index (κ1) is 13.7. The van der Waals surface area contributed by atoms with E-state index in [0.29, 0.717) is 6.07 Å². The van der Waals surface area contributed by atoms with Crippen molar-refractivity contribution in [3.63, 3.8) is 0 Å². The predicted molar refractivity (Wildman–Crippen MR) is 53.1 cm³/mol. The van der Waals surface area contributed by atoms with Crippen LogP contribution in [0.15, 0.2) is 24.3 Å². The lowest BCUT2D eigenvalue weighted by molar-refractivity contribution is -0.137. The van der Waals surface area contributed by atoms with E-state index in [9.17, 15) is 28.2 Å². The van der Waals surface area contributed by atoms with Gasteiger partial charge in [0.25, 0.3) is 0 Å². The fourth-order valence-electron chi connectivity index (χ4n) is 1.30. The number of benzene rings is 1. The summed E-state index contributed by atoms with van der Waals surface area (Å²) in [6.07, 6.45) is -7.91. The predicted octanol–water partition coefficient (Wildman–Crippen LogP) is 1.69. The molecule has 3 nitrogen and oxygen atoms in total. The van der Waals surface area contributed by atoms with Crippen LogP contribution in [0.25, 0.3) is 0 Å². The Morgan fingerprint density at radius 3 is 2.35 bits per heavy atom. The van der Waals surface area contributed by atoms with Crippen molar-refractivity contribution < 1.29 is 28.2 Å². The molecule has 94 valence electrons. The molecule has 0 heterocycles. The zero-order chi connectivity index (χ0) is 13.2. The molecule has 0 aromatic heterocycles. The molecule has 0 fully saturated rings. The lowest BCUT2D eigenvalue weighted by atomic mass is 10.00. The molecular weight excluding hydrogens is 237 g/mol. The van der Waals surface area contributed by atoms with Crippen molar-refractivity contribution in [3.05, 3.63) is 35.4 Å². The van der Waals surface area contributed by atoms with E-state index in [1.807, 2.05) is 0 Å². The molecule has 0 aliphatic heterocycles. The molecule has 0 spiro atoms. The summed E-state index contributed by atoms with van der Waals surface area (Å²) in [6.45, 7) is 1.04. The fourth-order valence-corrected chi connectivity index (χ4v) is 1.30. The SMILES string of the molecule is CC(=O)[C@H](O)[C@@H](O)c1cccc(C(F)(F)F)c1. The maximum Gasteiger partial charge on any atom is 0.416 e. The van der Waals surface area contributed by atoms with Gasteiger partial charge in [-0.05, 0) is 24.6 Å². The average Bonchev–Trinajstić information content (AvgIpc) is 2.26. The van der Waals surface area contributed by atoms with Gasteiger partial charge in [0.05, 0.1) is 5.56 Å². The van der Waals surface area contributed by atoms with Gasteiger partial charge >= 0.3 is 6.18 Å². The van der Waals surface area contributed by atoms with Crippen molar-refractivity contribution in [1.29, 1.82) is 0 Å². The summed E-state index contributed by atoms with van der Waals surface area (Å²) in [5.41, 5.74) is -1.09. The molecule has 17 heavy (non-hydrogen) atoms. The van der Waals surface area contributed by atoms with Gasteiger partial charge in [-0.2, -0.15) is 13.2 Å². The van der Waals surface area contributed by atoms with Crippen LogP contribution >= 0.6 is 0 Å². The zero-order valence-corrected chi connectivity index (χ0v) is 8.90. The van der Waals surface area contributed by atoms with E-state index < -0.39 is 29.7 Å². The van der Waals surface area contributed by atoms with Crippen LogP contribution < -0.4 is 0 Å². The van der Waals surface area contributed by atoms with Gasteiger partial charge in [-0.15, -0.1) is 0 Å². The second-order valence-electron chi connectivity index (χ2n) is 3.62. The maximum absolute atomic E-state index is 12.4. The number of halogens is 3. The van der Waals surface area contributed by atoms with E-state index in [-0.39, 0.29) is 5.56 Å². The average molecular weight is 248 g/mol. The summed E-state index contributed by atoms with van der Waals surface area (Å²) < 4.78 is 37.1. The Labute approximate surface area is 95.5 Å². The van der Waals surface area contributed by atoms with Crippen LogP contribution in [0.2, 0.25) is 0 Å². The Hall–Kier alpha value is -1.40. The van der Waals surface area contributed by atoms with Gasteiger partial charge in [0.15, 0.2) is 5.78 Å². The first-order valence-corrected chi connectivity index (χ1v) is 4.77. The molecule has 0 amide bonds. The smallest absolute Gasteiger partial charge is 0.385 e. The van der Waals surface area contributed by atoms with E-state index in [1.165, 1.54) is 6.07 Å². The van der Waals surface area contributed by atoms with Crippen LogP contribution in [0.1, 0.15) is 24.2 Å². The van der Waals surface area contributed by atoms with Crippen molar-refractivity contribution in [3.8, 4) is 0 Å². The number of carbonyl (C=O) groups is 1. The number of rotatable bonds is 3. The van der Waals surface area contributed by atoms with E-state index in [1.54, 1.807) is 0 Å². The standard InChI is InChI=1S/C11H11F3O3/c1-6(15)9(16)10(17)7-3-2-4-8(5-7)11(12,13)14/h2-5,9-10,16-17H,1H3/t9-,10-/m0/s1. The van der Waals surface area contributed by atoms with E-state index in [0.717, 1.165) is 19.1 Å². The molecule has 0 aliphatic rings. The minimum atomic E-state index is -4.53. The Kier molecular flexibility index (Phi) is 3.90. The highest BCUT2D eigenvalue weighted by atomic mass is 19.4. The number of Topliss-reactive ketones (excluding diaryl/α,β-unsaturated/α-hetero) is 1. The Bertz CT molecular complexity index is 415. The van der Waals surface area contributed by atoms with Crippen molar-refractivity contribution in [1.82, 2.24) is 0 Å². The highest BCUT2D eigenvalue weighted by Gasteiger charge is 2.32. The van der Waals surface area contributed by atoms with Crippen LogP contribution in [-0.4, -0.2) is 22.1 Å². The molecule has 2 N–H and O–H groups in total. The lowest BCUT2D eigenvalue weighted by Crippen LogP contribution is -2.25. The van der Waals surface area contributed by atoms with Gasteiger partial charge in [0.1, 0.15) is 12.2 Å². The quantitative estimate of drug-likeness (QED) is 0.855. The van der Waals surface area contributed by atoms with Gasteiger partial charge < -0.3 is 10.2 Å². The second-order valence-corrected chi connectivity index (χ2v) is 3.62. The number of ketones is 1. The normalized spacial score (nSPS) is 15.4. The fraction of sp³-hybridized carbons (Fsp3) is 0.364. The second kappa shape index (κ2) is 4.85. The molecule has 0 aliphatic carbocycles. The molecule has 0 radical (unpaired) electrons. The number of aliphatic hydroxyl groups excluding tert-OH is 2. The summed E-state index contributed by atoms with van der Waals surface area (Å²) >= 11 is 0. The van der Waals surface area contributed by atoms with Crippen LogP contribution in [0, 0.1) is 0 Å². The van der Waals surface area contributed by atoms with E-state index in [4.69, 9.17) is 0 Å². The highest BCUT2D eigenvalue weighted by molar-refractivity contribution is 5.81. The van der Waals surface area contributed by atoms with E-state index >= 15 is 0 Å². The number of alkyl halides is 3. The van der Waals surface area contributed by atoms with E-state index in [2.05, 4.69) is 0 Å². The molecule has 0 saturated carbocycles. The van der Waals surface area contributed by atoms with Crippen LogP contribution in [0.3, 0.4) is 0 Å². The van der Waals surface area contributed by atoms with Crippen molar-refractivity contribution in [2.45, 2.75) is 25.3 Å². The monoisotopic (exact) mass is 248 g/mol. The van der Waals surface area contributed by atoms with Crippen molar-refractivity contribution in [2.75, 3.05) is 0 Å². The van der Waals surface area contributed by atoms with Gasteiger partial charge in [0.2, 0.25) is 0 Å². The molecular formula is C11H11F3O3. The zero-order valence-electron chi connectivity index (χ0n) is 8.90. The summed E-state index contributed by atoms with van der Waals surface area (Å²) in [4.78, 5) is 10.8. The lowest BCUT2D eigenvalue weighted by Gasteiger charge is -2.17. The topological polar surface area (TPSA) is 57.5 Å². The van der Waals surface area contributed by atoms with Gasteiger partial charge in [-0.1, -0.05) is 12.1 Å². The maximum atomic E-state index is 12.4. The Balaban J connectivity index is 3.04. The number of aliphatic hydroxyl groups is 2. The third-order valence-electron chi connectivity index (χ3n) is 2.27. The summed E-state index contributed by atoms with van der Waals surface area (Å²) in [6, 6.07) is 3.87. The Morgan fingerprint density at radius 1 is 1.29 bits per heavy atom. The first-order valence-electron chi connectivity index (χ1n) is 4.77. The van der Waals surface area contributed by atoms with Gasteiger partial charge in [0, 0.05) is 0 Å². The first-order chi connectivity index (χ1) is 7.73. The molecule has 1 aromatic carbocycles. The molecule has 1 aromatic rings. The third-order valence-corrected chi connectivity index (χ3v) is 2.27. The van der Waals surface area contributed by atoms with Gasteiger partial charge in [-0.25, -0.2) is 0 Å². The molecule has 1 rings (SSSR count). The van der Waals surface area contributed by atoms with Gasteiger partial charge in [-0.3, -0.25) is 4.79 Å². The molecule has 0 unspecified atom stereocenters. The number of carbonyl (C=O) groups excluding carboxylic acids is 1.